The summed E-state index contributed by atoms with van der Waals surface area (Å²) < 4.78 is 38.3. The number of non-ortho nitro benzene ring substituents is 1. The first kappa shape index (κ1) is 24.5. The van der Waals surface area contributed by atoms with E-state index in [2.05, 4.69) is 0 Å². The number of halogens is 1. The van der Waals surface area contributed by atoms with Crippen molar-refractivity contribution in [1.82, 2.24) is 9.21 Å². The van der Waals surface area contributed by atoms with Crippen LogP contribution in [0.3, 0.4) is 0 Å². The Morgan fingerprint density at radius 1 is 0.829 bits per heavy atom. The van der Waals surface area contributed by atoms with Crippen molar-refractivity contribution in [2.45, 2.75) is 4.90 Å². The first-order valence-electron chi connectivity index (χ1n) is 10.5. The Kier molecular flexibility index (Phi) is 7.20. The average Bonchev–Trinajstić information content (AvgIpc) is 2.86. The second kappa shape index (κ2) is 10.3. The molecule has 0 aromatic heterocycles. The number of benzene rings is 3. The molecule has 182 valence electrons. The topological polar surface area (TPSA) is 119 Å². The van der Waals surface area contributed by atoms with Crippen LogP contribution in [0, 0.1) is 10.1 Å². The SMILES string of the molecule is O=C(Oc1ccc([N+](=O)[O-])cc1)N1CCN(S(=O)(=O)c2ccc(Oc3ccc(Cl)cc3)cc2)CC1. The van der Waals surface area contributed by atoms with Crippen molar-refractivity contribution >= 4 is 33.4 Å². The van der Waals surface area contributed by atoms with Crippen LogP contribution in [0.25, 0.3) is 0 Å². The second-order valence-corrected chi connectivity index (χ2v) is 9.91. The quantitative estimate of drug-likeness (QED) is 0.347. The number of carbonyl (C=O) groups is 1. The van der Waals surface area contributed by atoms with Crippen LogP contribution in [0.1, 0.15) is 0 Å². The first-order chi connectivity index (χ1) is 16.7. The third-order valence-electron chi connectivity index (χ3n) is 5.26. The maximum absolute atomic E-state index is 13.0. The number of nitrogens with zero attached hydrogens (tertiary/aromatic N) is 3. The van der Waals surface area contributed by atoms with Crippen LogP contribution in [0.4, 0.5) is 10.5 Å². The van der Waals surface area contributed by atoms with Crippen molar-refractivity contribution in [3.63, 3.8) is 0 Å². The van der Waals surface area contributed by atoms with E-state index in [4.69, 9.17) is 21.1 Å². The summed E-state index contributed by atoms with van der Waals surface area (Å²) in [5.74, 6) is 1.21. The molecule has 1 saturated heterocycles. The Hall–Kier alpha value is -3.67. The third kappa shape index (κ3) is 5.88. The van der Waals surface area contributed by atoms with Gasteiger partial charge in [0, 0.05) is 43.3 Å². The summed E-state index contributed by atoms with van der Waals surface area (Å²) in [5, 5.41) is 11.3. The van der Waals surface area contributed by atoms with Crippen molar-refractivity contribution < 1.29 is 27.6 Å². The van der Waals surface area contributed by atoms with Crippen molar-refractivity contribution in [3.8, 4) is 17.2 Å². The molecule has 4 rings (SSSR count). The molecule has 1 fully saturated rings. The molecule has 12 heteroatoms. The number of piperazine rings is 1. The van der Waals surface area contributed by atoms with Crippen molar-refractivity contribution in [2.24, 2.45) is 0 Å². The molecule has 1 heterocycles. The monoisotopic (exact) mass is 517 g/mol. The average molecular weight is 518 g/mol. The van der Waals surface area contributed by atoms with Crippen LogP contribution in [-0.2, 0) is 10.0 Å². The lowest BCUT2D eigenvalue weighted by atomic mass is 10.3. The molecule has 1 amide bonds. The molecule has 0 radical (unpaired) electrons. The molecule has 10 nitrogen and oxygen atoms in total. The van der Waals surface area contributed by atoms with E-state index in [0.29, 0.717) is 16.5 Å². The first-order valence-corrected chi connectivity index (χ1v) is 12.3. The predicted molar refractivity (Wildman–Crippen MR) is 127 cm³/mol. The van der Waals surface area contributed by atoms with Crippen LogP contribution in [0.15, 0.2) is 77.7 Å². The van der Waals surface area contributed by atoms with Gasteiger partial charge >= 0.3 is 6.09 Å². The Morgan fingerprint density at radius 2 is 1.34 bits per heavy atom. The van der Waals surface area contributed by atoms with E-state index >= 15 is 0 Å². The standard InChI is InChI=1S/C23H20ClN3O7S/c24-17-1-5-19(6-2-17)33-20-9-11-22(12-10-20)35(31,32)26-15-13-25(14-16-26)23(28)34-21-7-3-18(4-8-21)27(29)30/h1-12H,13-16H2. The molecule has 3 aromatic rings. The minimum Gasteiger partial charge on any atom is -0.457 e. The van der Waals surface area contributed by atoms with Crippen LogP contribution < -0.4 is 9.47 Å². The summed E-state index contributed by atoms with van der Waals surface area (Å²) in [4.78, 5) is 24.1. The minimum atomic E-state index is -3.76. The number of ether oxygens (including phenoxy) is 2. The number of amides is 1. The highest BCUT2D eigenvalue weighted by Gasteiger charge is 2.31. The van der Waals surface area contributed by atoms with Gasteiger partial charge in [0.05, 0.1) is 9.82 Å². The molecule has 0 bridgehead atoms. The molecule has 35 heavy (non-hydrogen) atoms. The maximum Gasteiger partial charge on any atom is 0.415 e. The number of carbonyl (C=O) groups excluding carboxylic acids is 1. The van der Waals surface area contributed by atoms with E-state index in [-0.39, 0.29) is 42.5 Å². The number of hydrogen-bond acceptors (Lipinski definition) is 7. The van der Waals surface area contributed by atoms with E-state index in [1.165, 1.54) is 45.6 Å². The number of nitro benzene ring substituents is 1. The Labute approximate surface area is 206 Å². The van der Waals surface area contributed by atoms with Gasteiger partial charge in [-0.05, 0) is 60.7 Å². The Morgan fingerprint density at radius 3 is 1.89 bits per heavy atom. The fourth-order valence-electron chi connectivity index (χ4n) is 3.38. The normalized spacial score (nSPS) is 14.4. The van der Waals surface area contributed by atoms with Crippen LogP contribution >= 0.6 is 11.6 Å². The lowest BCUT2D eigenvalue weighted by molar-refractivity contribution is -0.384. The van der Waals surface area contributed by atoms with Gasteiger partial charge in [-0.1, -0.05) is 11.6 Å². The Bertz CT molecular complexity index is 1310. The van der Waals surface area contributed by atoms with Crippen LogP contribution in [0.5, 0.6) is 17.2 Å². The summed E-state index contributed by atoms with van der Waals surface area (Å²) in [7, 11) is -3.76. The molecular weight excluding hydrogens is 498 g/mol. The predicted octanol–water partition coefficient (Wildman–Crippen LogP) is 4.55. The van der Waals surface area contributed by atoms with Crippen molar-refractivity contribution in [1.29, 1.82) is 0 Å². The van der Waals surface area contributed by atoms with Gasteiger partial charge in [-0.3, -0.25) is 10.1 Å². The van der Waals surface area contributed by atoms with Gasteiger partial charge in [0.1, 0.15) is 17.2 Å². The fourth-order valence-corrected chi connectivity index (χ4v) is 4.93. The summed E-state index contributed by atoms with van der Waals surface area (Å²) in [5.41, 5.74) is -0.117. The van der Waals surface area contributed by atoms with Gasteiger partial charge in [-0.15, -0.1) is 0 Å². The van der Waals surface area contributed by atoms with Gasteiger partial charge in [0.2, 0.25) is 10.0 Å². The minimum absolute atomic E-state index is 0.0979. The number of hydrogen-bond donors (Lipinski definition) is 0. The maximum atomic E-state index is 13.0. The number of nitro groups is 1. The van der Waals surface area contributed by atoms with Crippen molar-refractivity contribution in [3.05, 3.63) is 87.9 Å². The smallest absolute Gasteiger partial charge is 0.415 e. The van der Waals surface area contributed by atoms with Gasteiger partial charge < -0.3 is 14.4 Å². The third-order valence-corrected chi connectivity index (χ3v) is 7.43. The zero-order chi connectivity index (χ0) is 25.0. The van der Waals surface area contributed by atoms with Gasteiger partial charge in [0.15, 0.2) is 0 Å². The molecule has 0 spiro atoms. The lowest BCUT2D eigenvalue weighted by Gasteiger charge is -2.33. The number of sulfonamides is 1. The summed E-state index contributed by atoms with van der Waals surface area (Å²) in [6.07, 6.45) is -0.653. The zero-order valence-electron chi connectivity index (χ0n) is 18.2. The molecule has 1 aliphatic heterocycles. The summed E-state index contributed by atoms with van der Waals surface area (Å²) >= 11 is 5.86. The van der Waals surface area contributed by atoms with E-state index in [1.807, 2.05) is 0 Å². The molecule has 0 N–H and O–H groups in total. The highest BCUT2D eigenvalue weighted by Crippen LogP contribution is 2.26. The second-order valence-electron chi connectivity index (χ2n) is 7.54. The molecule has 1 aliphatic rings. The van der Waals surface area contributed by atoms with Gasteiger partial charge in [-0.2, -0.15) is 4.31 Å². The molecular formula is C23H20ClN3O7S. The Balaban J connectivity index is 1.33. The molecule has 0 atom stereocenters. The largest absolute Gasteiger partial charge is 0.457 e. The molecule has 3 aromatic carbocycles. The fraction of sp³-hybridized carbons (Fsp3) is 0.174. The highest BCUT2D eigenvalue weighted by atomic mass is 35.5. The van der Waals surface area contributed by atoms with Gasteiger partial charge in [-0.25, -0.2) is 13.2 Å². The zero-order valence-corrected chi connectivity index (χ0v) is 19.8. The van der Waals surface area contributed by atoms with Gasteiger partial charge in [0.25, 0.3) is 5.69 Å². The lowest BCUT2D eigenvalue weighted by Crippen LogP contribution is -2.51. The molecule has 0 aliphatic carbocycles. The van der Waals surface area contributed by atoms with E-state index in [1.54, 1.807) is 36.4 Å². The van der Waals surface area contributed by atoms with Crippen LogP contribution in [0.2, 0.25) is 5.02 Å². The summed E-state index contributed by atoms with van der Waals surface area (Å²) in [6.45, 7) is 0.479. The van der Waals surface area contributed by atoms with E-state index in [9.17, 15) is 23.3 Å². The van der Waals surface area contributed by atoms with E-state index in [0.717, 1.165) is 0 Å². The molecule has 0 unspecified atom stereocenters. The molecule has 0 saturated carbocycles. The van der Waals surface area contributed by atoms with Crippen molar-refractivity contribution in [2.75, 3.05) is 26.2 Å². The number of rotatable bonds is 6. The van der Waals surface area contributed by atoms with E-state index < -0.39 is 21.0 Å². The summed E-state index contributed by atoms with van der Waals surface area (Å²) in [6, 6.07) is 18.0. The van der Waals surface area contributed by atoms with Crippen LogP contribution in [-0.4, -0.2) is 54.8 Å². The highest BCUT2D eigenvalue weighted by molar-refractivity contribution is 7.89.